The summed E-state index contributed by atoms with van der Waals surface area (Å²) in [5, 5.41) is 0. The van der Waals surface area contributed by atoms with Gasteiger partial charge < -0.3 is 13.3 Å². The average molecular weight is 371 g/mol. The van der Waals surface area contributed by atoms with E-state index in [1.807, 2.05) is 25.7 Å². The topological polar surface area (TPSA) is 44.8 Å². The van der Waals surface area contributed by atoms with Gasteiger partial charge in [0, 0.05) is 0 Å². The van der Waals surface area contributed by atoms with Crippen molar-refractivity contribution in [2.45, 2.75) is 58.9 Å². The van der Waals surface area contributed by atoms with Gasteiger partial charge in [0.25, 0.3) is 0 Å². The molecule has 0 spiro atoms. The Kier molecular flexibility index (Phi) is 5.93. The fourth-order valence-corrected chi connectivity index (χ4v) is 4.12. The molecule has 0 aromatic heterocycles. The van der Waals surface area contributed by atoms with Crippen LogP contribution in [-0.4, -0.2) is 30.9 Å². The summed E-state index contributed by atoms with van der Waals surface area (Å²) in [5.74, 6) is 1.08. The van der Waals surface area contributed by atoms with Crippen LogP contribution in [0.15, 0.2) is 18.2 Å². The minimum Gasteiger partial charge on any atom is -0.542 e. The first kappa shape index (κ1) is 20.0. The lowest BCUT2D eigenvalue weighted by molar-refractivity contribution is 0.0724. The lowest BCUT2D eigenvalue weighted by Gasteiger charge is -2.26. The van der Waals surface area contributed by atoms with E-state index < -0.39 is 25.0 Å². The summed E-state index contributed by atoms with van der Waals surface area (Å²) in [5.41, 5.74) is 0.517. The van der Waals surface area contributed by atoms with Crippen molar-refractivity contribution in [3.63, 3.8) is 0 Å². The van der Waals surface area contributed by atoms with Crippen LogP contribution in [0, 0.1) is 0 Å². The largest absolute Gasteiger partial charge is 0.542 e. The van der Waals surface area contributed by atoms with E-state index in [-0.39, 0.29) is 5.97 Å². The van der Waals surface area contributed by atoms with E-state index in [2.05, 4.69) is 39.3 Å². The van der Waals surface area contributed by atoms with Crippen LogP contribution in [0.5, 0.6) is 11.5 Å². The molecule has 0 radical (unpaired) electrons. The van der Waals surface area contributed by atoms with Crippen LogP contribution in [-0.2, 0) is 4.43 Å². The molecule has 23 heavy (non-hydrogen) atoms. The van der Waals surface area contributed by atoms with E-state index >= 15 is 0 Å². The predicted octanol–water partition coefficient (Wildman–Crippen LogP) is 5.11. The SMILES string of the molecule is C[Si](C)(C)OC(=O)c1ccc(O[Si](C)(C)C)c(O[Si](C)(C)C)c1. The molecular formula is C16H30O4Si3. The van der Waals surface area contributed by atoms with Gasteiger partial charge in [-0.15, -0.1) is 0 Å². The van der Waals surface area contributed by atoms with E-state index in [0.717, 1.165) is 5.75 Å². The Hall–Kier alpha value is -1.06. The highest BCUT2D eigenvalue weighted by molar-refractivity contribution is 6.72. The monoisotopic (exact) mass is 370 g/mol. The van der Waals surface area contributed by atoms with Crippen molar-refractivity contribution in [3.05, 3.63) is 23.8 Å². The van der Waals surface area contributed by atoms with Crippen molar-refractivity contribution in [2.75, 3.05) is 0 Å². The first-order valence-electron chi connectivity index (χ1n) is 7.92. The number of hydrogen-bond donors (Lipinski definition) is 0. The summed E-state index contributed by atoms with van der Waals surface area (Å²) in [6, 6.07) is 5.35. The van der Waals surface area contributed by atoms with Crippen LogP contribution in [0.25, 0.3) is 0 Å². The summed E-state index contributed by atoms with van der Waals surface area (Å²) in [4.78, 5) is 12.3. The van der Waals surface area contributed by atoms with Crippen LogP contribution >= 0.6 is 0 Å². The van der Waals surface area contributed by atoms with E-state index in [1.165, 1.54) is 0 Å². The van der Waals surface area contributed by atoms with Gasteiger partial charge >= 0.3 is 5.97 Å². The second kappa shape index (κ2) is 6.82. The fraction of sp³-hybridized carbons (Fsp3) is 0.562. The first-order valence-corrected chi connectivity index (χ1v) is 18.1. The van der Waals surface area contributed by atoms with Crippen molar-refractivity contribution in [1.29, 1.82) is 0 Å². The molecule has 1 aromatic rings. The Morgan fingerprint density at radius 1 is 0.739 bits per heavy atom. The Balaban J connectivity index is 3.18. The van der Waals surface area contributed by atoms with Crippen LogP contribution in [0.1, 0.15) is 10.4 Å². The minimum absolute atomic E-state index is 0.288. The average Bonchev–Trinajstić information content (AvgIpc) is 2.25. The summed E-state index contributed by atoms with van der Waals surface area (Å²) in [6.45, 7) is 18.7. The van der Waals surface area contributed by atoms with Gasteiger partial charge in [-0.05, 0) is 77.1 Å². The van der Waals surface area contributed by atoms with Gasteiger partial charge in [-0.1, -0.05) is 0 Å². The lowest BCUT2D eigenvalue weighted by atomic mass is 10.2. The van der Waals surface area contributed by atoms with Gasteiger partial charge in [0.1, 0.15) is 11.5 Å². The molecule has 7 heteroatoms. The molecule has 130 valence electrons. The standard InChI is InChI=1S/C16H30O4Si3/c1-21(2,3)18-14-11-10-13(16(17)20-23(7,8)9)12-15(14)19-22(4,5)6/h10-12H,1-9H3. The Labute approximate surface area is 143 Å². The van der Waals surface area contributed by atoms with Crippen LogP contribution in [0.3, 0.4) is 0 Å². The highest BCUT2D eigenvalue weighted by Gasteiger charge is 2.26. The maximum atomic E-state index is 12.3. The molecule has 0 atom stereocenters. The van der Waals surface area contributed by atoms with Crippen molar-refractivity contribution in [3.8, 4) is 11.5 Å². The number of benzene rings is 1. The molecule has 1 rings (SSSR count). The zero-order chi connectivity index (χ0) is 18.1. The minimum atomic E-state index is -1.93. The smallest absolute Gasteiger partial charge is 0.324 e. The molecular weight excluding hydrogens is 340 g/mol. The molecule has 0 saturated carbocycles. The summed E-state index contributed by atoms with van der Waals surface area (Å²) in [7, 11) is -5.50. The first-order chi connectivity index (χ1) is 10.2. The normalized spacial score (nSPS) is 12.7. The maximum Gasteiger partial charge on any atom is 0.324 e. The third kappa shape index (κ3) is 7.85. The third-order valence-corrected chi connectivity index (χ3v) is 4.87. The van der Waals surface area contributed by atoms with E-state index in [1.54, 1.807) is 12.1 Å². The van der Waals surface area contributed by atoms with E-state index in [4.69, 9.17) is 13.3 Å². The van der Waals surface area contributed by atoms with Gasteiger partial charge in [-0.25, -0.2) is 4.79 Å². The molecule has 0 aliphatic heterocycles. The second-order valence-electron chi connectivity index (χ2n) is 8.59. The Bertz CT molecular complexity index is 566. The van der Waals surface area contributed by atoms with Crippen LogP contribution in [0.4, 0.5) is 0 Å². The Morgan fingerprint density at radius 2 is 1.22 bits per heavy atom. The molecule has 0 amide bonds. The lowest BCUT2D eigenvalue weighted by Crippen LogP contribution is -2.33. The summed E-state index contributed by atoms with van der Waals surface area (Å²) in [6.07, 6.45) is 0. The maximum absolute atomic E-state index is 12.3. The molecule has 0 aliphatic rings. The molecule has 0 unspecified atom stereocenters. The molecule has 0 N–H and O–H groups in total. The summed E-state index contributed by atoms with van der Waals surface area (Å²) >= 11 is 0. The van der Waals surface area contributed by atoms with Gasteiger partial charge in [0.15, 0.2) is 0 Å². The molecule has 0 fully saturated rings. The molecule has 0 saturated heterocycles. The van der Waals surface area contributed by atoms with Crippen LogP contribution in [0.2, 0.25) is 58.9 Å². The van der Waals surface area contributed by atoms with Crippen LogP contribution < -0.4 is 8.85 Å². The predicted molar refractivity (Wildman–Crippen MR) is 103 cm³/mol. The summed E-state index contributed by atoms with van der Waals surface area (Å²) < 4.78 is 17.8. The second-order valence-corrected chi connectivity index (χ2v) is 21.9. The van der Waals surface area contributed by atoms with Gasteiger partial charge in [-0.2, -0.15) is 0 Å². The van der Waals surface area contributed by atoms with Crippen molar-refractivity contribution in [1.82, 2.24) is 0 Å². The highest BCUT2D eigenvalue weighted by Crippen LogP contribution is 2.33. The zero-order valence-corrected chi connectivity index (χ0v) is 18.9. The number of hydrogen-bond acceptors (Lipinski definition) is 4. The molecule has 0 heterocycles. The van der Waals surface area contributed by atoms with Gasteiger partial charge in [0.2, 0.25) is 25.0 Å². The fourth-order valence-electron chi connectivity index (χ4n) is 1.80. The van der Waals surface area contributed by atoms with Crippen molar-refractivity contribution >= 4 is 30.9 Å². The number of rotatable bonds is 6. The molecule has 4 nitrogen and oxygen atoms in total. The number of carbonyl (C=O) groups excluding carboxylic acids is 1. The molecule has 0 bridgehead atoms. The highest BCUT2D eigenvalue weighted by atomic mass is 28.4. The zero-order valence-electron chi connectivity index (χ0n) is 15.9. The van der Waals surface area contributed by atoms with E-state index in [9.17, 15) is 4.79 Å². The van der Waals surface area contributed by atoms with Crippen molar-refractivity contribution < 1.29 is 18.1 Å². The third-order valence-electron chi connectivity index (χ3n) is 2.41. The van der Waals surface area contributed by atoms with Gasteiger partial charge in [-0.3, -0.25) is 0 Å². The van der Waals surface area contributed by atoms with E-state index in [0.29, 0.717) is 11.3 Å². The Morgan fingerprint density at radius 3 is 1.65 bits per heavy atom. The van der Waals surface area contributed by atoms with Gasteiger partial charge in [0.05, 0.1) is 5.56 Å². The molecule has 1 aromatic carbocycles. The van der Waals surface area contributed by atoms with Crippen molar-refractivity contribution in [2.24, 2.45) is 0 Å². The number of carbonyl (C=O) groups is 1. The quantitative estimate of drug-likeness (QED) is 0.653. The molecule has 0 aliphatic carbocycles.